The van der Waals surface area contributed by atoms with E-state index in [1.54, 1.807) is 12.1 Å². The number of hydrogen-bond acceptors (Lipinski definition) is 3. The Morgan fingerprint density at radius 1 is 1.48 bits per heavy atom. The summed E-state index contributed by atoms with van der Waals surface area (Å²) in [5.41, 5.74) is -0.389. The quantitative estimate of drug-likeness (QED) is 0.897. The highest BCUT2D eigenvalue weighted by Gasteiger charge is 2.43. The molecule has 0 aliphatic heterocycles. The minimum absolute atomic E-state index is 0.290. The van der Waals surface area contributed by atoms with Crippen LogP contribution < -0.4 is 4.74 Å². The van der Waals surface area contributed by atoms with Gasteiger partial charge in [-0.2, -0.15) is 0 Å². The van der Waals surface area contributed by atoms with Crippen LogP contribution in [0.1, 0.15) is 51.2 Å². The number of hydrogen-bond donors (Lipinski definition) is 1. The molecule has 2 rings (SSSR count). The number of rotatable bonds is 5. The molecule has 3 nitrogen and oxygen atoms in total. The third-order valence-corrected chi connectivity index (χ3v) is 4.42. The number of halogens is 1. The van der Waals surface area contributed by atoms with E-state index in [2.05, 4.69) is 6.92 Å². The highest BCUT2D eigenvalue weighted by atomic mass is 19.1. The summed E-state index contributed by atoms with van der Waals surface area (Å²) in [6, 6.07) is 4.58. The zero-order valence-corrected chi connectivity index (χ0v) is 13.1. The third-order valence-electron chi connectivity index (χ3n) is 4.42. The molecule has 0 saturated heterocycles. The molecule has 118 valence electrons. The Hall–Kier alpha value is -1.13. The van der Waals surface area contributed by atoms with Crippen LogP contribution in [0.5, 0.6) is 5.75 Å². The van der Waals surface area contributed by atoms with Crippen molar-refractivity contribution in [1.29, 1.82) is 0 Å². The van der Waals surface area contributed by atoms with Gasteiger partial charge in [0.2, 0.25) is 0 Å². The fourth-order valence-electron chi connectivity index (χ4n) is 3.43. The molecule has 1 saturated carbocycles. The predicted molar refractivity (Wildman–Crippen MR) is 79.9 cm³/mol. The fourth-order valence-corrected chi connectivity index (χ4v) is 3.43. The molecule has 1 aliphatic rings. The van der Waals surface area contributed by atoms with Crippen molar-refractivity contribution < 1.29 is 19.0 Å². The van der Waals surface area contributed by atoms with Crippen molar-refractivity contribution in [2.24, 2.45) is 5.92 Å². The van der Waals surface area contributed by atoms with Crippen LogP contribution in [0, 0.1) is 11.7 Å². The molecule has 1 fully saturated rings. The first-order chi connectivity index (χ1) is 10.0. The maximum absolute atomic E-state index is 14.3. The first-order valence-electron chi connectivity index (χ1n) is 7.68. The second kappa shape index (κ2) is 6.75. The van der Waals surface area contributed by atoms with Crippen LogP contribution in [-0.4, -0.2) is 24.4 Å². The van der Waals surface area contributed by atoms with Crippen molar-refractivity contribution in [2.75, 3.05) is 13.7 Å². The molecule has 1 N–H and O–H groups in total. The molecule has 21 heavy (non-hydrogen) atoms. The number of aliphatic hydroxyl groups is 1. The topological polar surface area (TPSA) is 38.7 Å². The van der Waals surface area contributed by atoms with Gasteiger partial charge < -0.3 is 14.6 Å². The van der Waals surface area contributed by atoms with Crippen LogP contribution in [0.15, 0.2) is 18.2 Å². The average Bonchev–Trinajstić information content (AvgIpc) is 2.46. The highest BCUT2D eigenvalue weighted by Crippen LogP contribution is 2.44. The summed E-state index contributed by atoms with van der Waals surface area (Å²) in [6.45, 7) is 4.59. The number of methoxy groups -OCH3 is 1. The van der Waals surface area contributed by atoms with E-state index in [1.807, 2.05) is 6.92 Å². The molecular weight excluding hydrogens is 271 g/mol. The fraction of sp³-hybridized carbons (Fsp3) is 0.647. The number of aliphatic hydroxyl groups excluding tert-OH is 1. The van der Waals surface area contributed by atoms with E-state index in [-0.39, 0.29) is 0 Å². The number of benzene rings is 1. The van der Waals surface area contributed by atoms with Crippen LogP contribution in [0.3, 0.4) is 0 Å². The van der Waals surface area contributed by atoms with Gasteiger partial charge in [0.15, 0.2) is 0 Å². The Kier molecular flexibility index (Phi) is 5.22. The van der Waals surface area contributed by atoms with E-state index in [4.69, 9.17) is 9.47 Å². The molecule has 1 aliphatic carbocycles. The average molecular weight is 296 g/mol. The van der Waals surface area contributed by atoms with E-state index < -0.39 is 17.5 Å². The minimum atomic E-state index is -0.953. The summed E-state index contributed by atoms with van der Waals surface area (Å²) in [7, 11) is 1.50. The van der Waals surface area contributed by atoms with Crippen molar-refractivity contribution in [3.05, 3.63) is 29.6 Å². The lowest BCUT2D eigenvalue weighted by Crippen LogP contribution is -2.44. The Morgan fingerprint density at radius 2 is 2.24 bits per heavy atom. The largest absolute Gasteiger partial charge is 0.497 e. The zero-order chi connectivity index (χ0) is 15.5. The summed E-state index contributed by atoms with van der Waals surface area (Å²) < 4.78 is 25.2. The van der Waals surface area contributed by atoms with Crippen molar-refractivity contribution in [3.63, 3.8) is 0 Å². The van der Waals surface area contributed by atoms with Crippen molar-refractivity contribution in [2.45, 2.75) is 51.2 Å². The summed E-state index contributed by atoms with van der Waals surface area (Å²) in [5.74, 6) is 0.478. The van der Waals surface area contributed by atoms with E-state index in [0.717, 1.165) is 25.7 Å². The standard InChI is InChI=1S/C17H25FO3/c1-4-21-17(9-5-6-12(2)11-17)16(19)14-8-7-13(20-3)10-15(14)18/h7-8,10,12,16,19H,4-6,9,11H2,1-3H3. The lowest BCUT2D eigenvalue weighted by atomic mass is 9.74. The first kappa shape index (κ1) is 16.2. The van der Waals surface area contributed by atoms with Gasteiger partial charge in [-0.05, 0) is 37.8 Å². The first-order valence-corrected chi connectivity index (χ1v) is 7.68. The van der Waals surface area contributed by atoms with Gasteiger partial charge in [-0.25, -0.2) is 4.39 Å². The molecule has 1 aromatic carbocycles. The molecule has 0 radical (unpaired) electrons. The molecule has 3 atom stereocenters. The van der Waals surface area contributed by atoms with Gasteiger partial charge in [-0.15, -0.1) is 0 Å². The molecule has 0 aromatic heterocycles. The maximum atomic E-state index is 14.3. The molecule has 0 bridgehead atoms. The Bertz CT molecular complexity index is 473. The monoisotopic (exact) mass is 296 g/mol. The van der Waals surface area contributed by atoms with Crippen LogP contribution in [0.4, 0.5) is 4.39 Å². The van der Waals surface area contributed by atoms with Gasteiger partial charge >= 0.3 is 0 Å². The Balaban J connectivity index is 2.31. The SMILES string of the molecule is CCOC1(C(O)c2ccc(OC)cc2F)CCCC(C)C1. The Morgan fingerprint density at radius 3 is 2.81 bits per heavy atom. The lowest BCUT2D eigenvalue weighted by Gasteiger charge is -2.43. The van der Waals surface area contributed by atoms with E-state index in [0.29, 0.717) is 23.8 Å². The van der Waals surface area contributed by atoms with Gasteiger partial charge in [0, 0.05) is 18.2 Å². The molecule has 4 heteroatoms. The lowest BCUT2D eigenvalue weighted by molar-refractivity contribution is -0.150. The van der Waals surface area contributed by atoms with E-state index >= 15 is 0 Å². The van der Waals surface area contributed by atoms with Gasteiger partial charge in [0.05, 0.1) is 12.7 Å². The van der Waals surface area contributed by atoms with E-state index in [1.165, 1.54) is 13.2 Å². The smallest absolute Gasteiger partial charge is 0.132 e. The van der Waals surface area contributed by atoms with Crippen LogP contribution in [0.25, 0.3) is 0 Å². The maximum Gasteiger partial charge on any atom is 0.132 e. The number of ether oxygens (including phenoxy) is 2. The summed E-state index contributed by atoms with van der Waals surface area (Å²) >= 11 is 0. The van der Waals surface area contributed by atoms with Gasteiger partial charge in [0.1, 0.15) is 17.7 Å². The van der Waals surface area contributed by atoms with Crippen molar-refractivity contribution in [1.82, 2.24) is 0 Å². The molecular formula is C17H25FO3. The zero-order valence-electron chi connectivity index (χ0n) is 13.1. The van der Waals surface area contributed by atoms with E-state index in [9.17, 15) is 9.50 Å². The highest BCUT2D eigenvalue weighted by molar-refractivity contribution is 5.31. The molecule has 0 amide bonds. The van der Waals surface area contributed by atoms with Crippen LogP contribution >= 0.6 is 0 Å². The molecule has 3 unspecified atom stereocenters. The second-order valence-corrected chi connectivity index (χ2v) is 5.99. The predicted octanol–water partition coefficient (Wildman–Crippen LogP) is 3.85. The summed E-state index contributed by atoms with van der Waals surface area (Å²) in [5, 5.41) is 10.8. The van der Waals surface area contributed by atoms with Gasteiger partial charge in [-0.3, -0.25) is 0 Å². The molecule has 1 aromatic rings. The third kappa shape index (κ3) is 3.38. The van der Waals surface area contributed by atoms with Crippen molar-refractivity contribution in [3.8, 4) is 5.75 Å². The minimum Gasteiger partial charge on any atom is -0.497 e. The van der Waals surface area contributed by atoms with Crippen LogP contribution in [0.2, 0.25) is 0 Å². The second-order valence-electron chi connectivity index (χ2n) is 5.99. The normalized spacial score (nSPS) is 27.4. The van der Waals surface area contributed by atoms with Gasteiger partial charge in [0.25, 0.3) is 0 Å². The van der Waals surface area contributed by atoms with Gasteiger partial charge in [-0.1, -0.05) is 19.8 Å². The summed E-state index contributed by atoms with van der Waals surface area (Å²) in [6.07, 6.45) is 2.69. The van der Waals surface area contributed by atoms with Crippen LogP contribution in [-0.2, 0) is 4.74 Å². The Labute approximate surface area is 126 Å². The molecule has 0 heterocycles. The van der Waals surface area contributed by atoms with Crippen molar-refractivity contribution >= 4 is 0 Å². The molecule has 0 spiro atoms. The summed E-state index contributed by atoms with van der Waals surface area (Å²) in [4.78, 5) is 0.